The molecule has 5 heteroatoms. The smallest absolute Gasteiger partial charge is 0.150 e. The topological polar surface area (TPSA) is 66.4 Å². The van der Waals surface area contributed by atoms with Crippen molar-refractivity contribution in [1.29, 1.82) is 0 Å². The lowest BCUT2D eigenvalue weighted by atomic mass is 10.3. The highest BCUT2D eigenvalue weighted by Crippen LogP contribution is 1.94. The first-order valence-corrected chi connectivity index (χ1v) is 3.42. The Labute approximate surface area is 55.7 Å². The van der Waals surface area contributed by atoms with Gasteiger partial charge in [0.15, 0.2) is 0 Å². The Morgan fingerprint density at radius 3 is 2.56 bits per heavy atom. The van der Waals surface area contributed by atoms with Crippen molar-refractivity contribution in [2.24, 2.45) is 0 Å². The lowest BCUT2D eigenvalue weighted by Crippen LogP contribution is -2.14. The van der Waals surface area contributed by atoms with Crippen LogP contribution in [0.15, 0.2) is 0 Å². The van der Waals surface area contributed by atoms with E-state index in [4.69, 9.17) is 0 Å². The average molecular weight is 151 g/mol. The van der Waals surface area contributed by atoms with Crippen molar-refractivity contribution in [1.82, 2.24) is 0 Å². The van der Waals surface area contributed by atoms with Gasteiger partial charge in [0, 0.05) is 0 Å². The summed E-state index contributed by atoms with van der Waals surface area (Å²) >= 11 is -2.58. The number of rotatable bonds is 4. The molecule has 0 fully saturated rings. The van der Waals surface area contributed by atoms with E-state index in [0.29, 0.717) is 12.7 Å². The molecule has 0 rings (SSSR count). The van der Waals surface area contributed by atoms with Crippen LogP contribution in [-0.4, -0.2) is 21.2 Å². The number of hydrogen-bond acceptors (Lipinski definition) is 4. The number of carbonyl (C=O) groups is 1. The van der Waals surface area contributed by atoms with E-state index in [-0.39, 0.29) is 0 Å². The van der Waals surface area contributed by atoms with Crippen LogP contribution in [-0.2, 0) is 20.3 Å². The fourth-order valence-electron chi connectivity index (χ4n) is 0.288. The number of hydrogen-bond donors (Lipinski definition) is 0. The second kappa shape index (κ2) is 4.60. The highest BCUT2D eigenvalue weighted by atomic mass is 32.2. The Kier molecular flexibility index (Phi) is 4.47. The van der Waals surface area contributed by atoms with Gasteiger partial charge >= 0.3 is 0 Å². The lowest BCUT2D eigenvalue weighted by Gasteiger charge is -2.09. The highest BCUT2D eigenvalue weighted by molar-refractivity contribution is 7.74. The zero-order valence-corrected chi connectivity index (χ0v) is 5.72. The van der Waals surface area contributed by atoms with Gasteiger partial charge in [-0.2, -0.15) is 0 Å². The minimum atomic E-state index is -2.58. The van der Waals surface area contributed by atoms with Crippen molar-refractivity contribution in [3.05, 3.63) is 0 Å². The van der Waals surface area contributed by atoms with Crippen LogP contribution in [0, 0.1) is 0 Å². The van der Waals surface area contributed by atoms with Crippen LogP contribution in [0.4, 0.5) is 0 Å². The van der Waals surface area contributed by atoms with E-state index in [1.165, 1.54) is 0 Å². The molecular formula is C4H7O4S-. The second-order valence-corrected chi connectivity index (χ2v) is 1.98. The van der Waals surface area contributed by atoms with E-state index in [1.807, 2.05) is 0 Å². The molecule has 0 saturated carbocycles. The summed E-state index contributed by atoms with van der Waals surface area (Å²) in [4.78, 5) is 9.87. The molecule has 0 radical (unpaired) electrons. The van der Waals surface area contributed by atoms with Gasteiger partial charge < -0.3 is 9.35 Å². The van der Waals surface area contributed by atoms with E-state index in [9.17, 15) is 13.6 Å². The van der Waals surface area contributed by atoms with Gasteiger partial charge in [-0.3, -0.25) is 4.18 Å². The molecule has 0 aromatic carbocycles. The molecule has 0 heterocycles. The summed E-state index contributed by atoms with van der Waals surface area (Å²) in [5.41, 5.74) is 0. The number of carbonyl (C=O) groups excluding carboxylic acids is 1. The molecule has 0 N–H and O–H groups in total. The molecule has 2 unspecified atom stereocenters. The van der Waals surface area contributed by atoms with E-state index in [0.717, 1.165) is 0 Å². The van der Waals surface area contributed by atoms with E-state index >= 15 is 0 Å². The van der Waals surface area contributed by atoms with Crippen molar-refractivity contribution in [3.63, 3.8) is 0 Å². The van der Waals surface area contributed by atoms with Gasteiger partial charge in [-0.1, -0.05) is 6.92 Å². The number of aldehydes is 1. The molecule has 9 heavy (non-hydrogen) atoms. The molecule has 0 aromatic rings. The normalized spacial score (nSPS) is 16.7. The molecule has 0 aliphatic heterocycles. The van der Waals surface area contributed by atoms with E-state index < -0.39 is 17.5 Å². The quantitative estimate of drug-likeness (QED) is 0.411. The van der Waals surface area contributed by atoms with Crippen LogP contribution in [0.5, 0.6) is 0 Å². The van der Waals surface area contributed by atoms with Crippen molar-refractivity contribution in [2.75, 3.05) is 0 Å². The fourth-order valence-corrected chi connectivity index (χ4v) is 0.671. The molecule has 0 aliphatic rings. The van der Waals surface area contributed by atoms with Gasteiger partial charge in [-0.15, -0.1) is 0 Å². The second-order valence-electron chi connectivity index (χ2n) is 1.38. The van der Waals surface area contributed by atoms with Gasteiger partial charge in [0.05, 0.1) is 11.4 Å². The summed E-state index contributed by atoms with van der Waals surface area (Å²) in [6, 6.07) is 0. The minimum Gasteiger partial charge on any atom is -0.750 e. The maximum Gasteiger partial charge on any atom is 0.150 e. The summed E-state index contributed by atoms with van der Waals surface area (Å²) in [6.45, 7) is 1.66. The molecule has 2 atom stereocenters. The zero-order chi connectivity index (χ0) is 7.28. The summed E-state index contributed by atoms with van der Waals surface area (Å²) in [5, 5.41) is 0. The van der Waals surface area contributed by atoms with Crippen LogP contribution in [0.3, 0.4) is 0 Å². The molecule has 0 bridgehead atoms. The summed E-state index contributed by atoms with van der Waals surface area (Å²) < 4.78 is 23.6. The van der Waals surface area contributed by atoms with Gasteiger partial charge in [-0.25, -0.2) is 4.21 Å². The van der Waals surface area contributed by atoms with Crippen LogP contribution in [0.2, 0.25) is 0 Å². The van der Waals surface area contributed by atoms with Gasteiger partial charge in [0.1, 0.15) is 12.4 Å². The summed E-state index contributed by atoms with van der Waals surface area (Å²) in [7, 11) is 0. The van der Waals surface area contributed by atoms with E-state index in [1.54, 1.807) is 6.92 Å². The van der Waals surface area contributed by atoms with Crippen molar-refractivity contribution in [3.8, 4) is 0 Å². The Hall–Kier alpha value is -0.260. The van der Waals surface area contributed by atoms with Crippen molar-refractivity contribution < 1.29 is 17.7 Å². The third kappa shape index (κ3) is 4.26. The lowest BCUT2D eigenvalue weighted by molar-refractivity contribution is -0.113. The molecule has 0 aromatic heterocycles. The van der Waals surface area contributed by atoms with E-state index in [2.05, 4.69) is 4.18 Å². The molecule has 0 spiro atoms. The Balaban J connectivity index is 3.55. The summed E-state index contributed by atoms with van der Waals surface area (Å²) in [5.74, 6) is 0. The standard InChI is InChI=1S/C4H8O4S/c1-2-4(3-5)8-9(6)7/h3-4H,2H2,1H3,(H,6,7)/p-1. The third-order valence-electron chi connectivity index (χ3n) is 0.756. The zero-order valence-electron chi connectivity index (χ0n) is 4.90. The molecule has 0 amide bonds. The first-order chi connectivity index (χ1) is 4.20. The Bertz CT molecular complexity index is 113. The maximum absolute atomic E-state index is 9.87. The largest absolute Gasteiger partial charge is 0.750 e. The predicted octanol–water partition coefficient (Wildman–Crippen LogP) is -0.225. The predicted molar refractivity (Wildman–Crippen MR) is 30.1 cm³/mol. The molecular weight excluding hydrogens is 144 g/mol. The van der Waals surface area contributed by atoms with Crippen LogP contribution >= 0.6 is 0 Å². The maximum atomic E-state index is 9.87. The van der Waals surface area contributed by atoms with Gasteiger partial charge in [0.25, 0.3) is 0 Å². The van der Waals surface area contributed by atoms with Crippen molar-refractivity contribution in [2.45, 2.75) is 19.4 Å². The van der Waals surface area contributed by atoms with Gasteiger partial charge in [0.2, 0.25) is 0 Å². The first kappa shape index (κ1) is 8.74. The molecule has 4 nitrogen and oxygen atoms in total. The highest BCUT2D eigenvalue weighted by Gasteiger charge is 2.02. The third-order valence-corrected chi connectivity index (χ3v) is 1.16. The Morgan fingerprint density at radius 2 is 2.44 bits per heavy atom. The Morgan fingerprint density at radius 1 is 1.89 bits per heavy atom. The fraction of sp³-hybridized carbons (Fsp3) is 0.750. The van der Waals surface area contributed by atoms with Crippen molar-refractivity contribution >= 4 is 17.6 Å². The monoisotopic (exact) mass is 151 g/mol. The van der Waals surface area contributed by atoms with Crippen LogP contribution in [0.1, 0.15) is 13.3 Å². The first-order valence-electron chi connectivity index (χ1n) is 2.42. The molecule has 0 aliphatic carbocycles. The van der Waals surface area contributed by atoms with Crippen LogP contribution < -0.4 is 0 Å². The SMILES string of the molecule is CCC(C=O)OS(=O)[O-]. The van der Waals surface area contributed by atoms with Crippen LogP contribution in [0.25, 0.3) is 0 Å². The molecule has 54 valence electrons. The molecule has 0 saturated heterocycles. The summed E-state index contributed by atoms with van der Waals surface area (Å²) in [6.07, 6.45) is 0.0103. The minimum absolute atomic E-state index is 0.373. The average Bonchev–Trinajstić information content (AvgIpc) is 1.82. The van der Waals surface area contributed by atoms with Gasteiger partial charge in [-0.05, 0) is 6.42 Å².